The zero-order chi connectivity index (χ0) is 19.1. The quantitative estimate of drug-likeness (QED) is 0.675. The summed E-state index contributed by atoms with van der Waals surface area (Å²) < 4.78 is 0. The smallest absolute Gasteiger partial charge is 0.242 e. The summed E-state index contributed by atoms with van der Waals surface area (Å²) >= 11 is 0. The first kappa shape index (κ1) is 17.0. The Morgan fingerprint density at radius 2 is 1.86 bits per heavy atom. The monoisotopic (exact) mass is 373 g/mol. The van der Waals surface area contributed by atoms with Crippen molar-refractivity contribution in [3.63, 3.8) is 0 Å². The van der Waals surface area contributed by atoms with Gasteiger partial charge in [-0.2, -0.15) is 0 Å². The molecule has 0 saturated heterocycles. The van der Waals surface area contributed by atoms with E-state index in [9.17, 15) is 9.59 Å². The van der Waals surface area contributed by atoms with Gasteiger partial charge in [-0.15, -0.1) is 0 Å². The Morgan fingerprint density at radius 1 is 1.07 bits per heavy atom. The van der Waals surface area contributed by atoms with Crippen molar-refractivity contribution in [3.8, 4) is 0 Å². The normalized spacial score (nSPS) is 16.8. The Labute approximate surface area is 163 Å². The molecule has 1 aromatic heterocycles. The highest BCUT2D eigenvalue weighted by atomic mass is 16.2. The van der Waals surface area contributed by atoms with Crippen LogP contribution in [0.4, 0.5) is 5.69 Å². The van der Waals surface area contributed by atoms with Gasteiger partial charge < -0.3 is 15.2 Å². The van der Waals surface area contributed by atoms with Crippen molar-refractivity contribution in [3.05, 3.63) is 65.9 Å². The molecule has 0 bridgehead atoms. The van der Waals surface area contributed by atoms with Gasteiger partial charge in [0.1, 0.15) is 5.41 Å². The van der Waals surface area contributed by atoms with Crippen LogP contribution in [0.2, 0.25) is 0 Å². The van der Waals surface area contributed by atoms with Crippen LogP contribution in [0.1, 0.15) is 24.0 Å². The Kier molecular flexibility index (Phi) is 3.97. The highest BCUT2D eigenvalue weighted by molar-refractivity contribution is 6.14. The number of nitrogens with zero attached hydrogens (tertiary/aromatic N) is 1. The minimum Gasteiger partial charge on any atom is -0.361 e. The number of rotatable bonds is 5. The molecule has 5 heteroatoms. The Morgan fingerprint density at radius 3 is 2.71 bits per heavy atom. The molecule has 1 aliphatic heterocycles. The number of aromatic nitrogens is 1. The Balaban J connectivity index is 1.25. The fraction of sp³-hybridized carbons (Fsp3) is 0.304. The number of carbonyl (C=O) groups is 2. The van der Waals surface area contributed by atoms with Crippen molar-refractivity contribution >= 4 is 28.4 Å². The van der Waals surface area contributed by atoms with Crippen molar-refractivity contribution in [1.82, 2.24) is 10.3 Å². The topological polar surface area (TPSA) is 65.2 Å². The Bertz CT molecular complexity index is 1060. The van der Waals surface area contributed by atoms with Crippen molar-refractivity contribution in [2.24, 2.45) is 5.41 Å². The molecule has 28 heavy (non-hydrogen) atoms. The van der Waals surface area contributed by atoms with Crippen LogP contribution in [-0.4, -0.2) is 29.9 Å². The van der Waals surface area contributed by atoms with Gasteiger partial charge in [0.25, 0.3) is 0 Å². The number of amides is 2. The van der Waals surface area contributed by atoms with E-state index in [1.165, 1.54) is 16.5 Å². The number of aromatic amines is 1. The molecule has 2 amide bonds. The van der Waals surface area contributed by atoms with Crippen LogP contribution < -0.4 is 10.2 Å². The third-order valence-electron chi connectivity index (χ3n) is 6.08. The number of hydrogen-bond acceptors (Lipinski definition) is 2. The summed E-state index contributed by atoms with van der Waals surface area (Å²) in [5, 5.41) is 4.20. The molecule has 0 spiro atoms. The SMILES string of the molecule is O=C(NCCc1c[nH]c2ccccc12)C1(C(=O)N2CCc3ccccc32)CC1. The van der Waals surface area contributed by atoms with Crippen LogP contribution in [0.5, 0.6) is 0 Å². The van der Waals surface area contributed by atoms with Crippen molar-refractivity contribution in [2.75, 3.05) is 18.0 Å². The van der Waals surface area contributed by atoms with Crippen LogP contribution in [0.25, 0.3) is 10.9 Å². The summed E-state index contributed by atoms with van der Waals surface area (Å²) in [5.41, 5.74) is 3.57. The third-order valence-corrected chi connectivity index (χ3v) is 6.08. The van der Waals surface area contributed by atoms with E-state index in [0.717, 1.165) is 24.0 Å². The maximum Gasteiger partial charge on any atom is 0.242 e. The molecule has 5 rings (SSSR count). The zero-order valence-electron chi connectivity index (χ0n) is 15.7. The summed E-state index contributed by atoms with van der Waals surface area (Å²) in [7, 11) is 0. The first-order chi connectivity index (χ1) is 13.7. The van der Waals surface area contributed by atoms with Gasteiger partial charge in [-0.25, -0.2) is 0 Å². The summed E-state index contributed by atoms with van der Waals surface area (Å²) in [6.07, 6.45) is 4.88. The first-order valence-corrected chi connectivity index (χ1v) is 9.92. The highest BCUT2D eigenvalue weighted by Gasteiger charge is 2.58. The third kappa shape index (κ3) is 2.70. The maximum absolute atomic E-state index is 13.2. The summed E-state index contributed by atoms with van der Waals surface area (Å²) in [4.78, 5) is 31.1. The number of H-pyrrole nitrogens is 1. The van der Waals surface area contributed by atoms with Gasteiger partial charge in [0.15, 0.2) is 0 Å². The van der Waals surface area contributed by atoms with E-state index in [0.29, 0.717) is 25.9 Å². The molecule has 142 valence electrons. The van der Waals surface area contributed by atoms with Gasteiger partial charge in [-0.05, 0) is 48.9 Å². The first-order valence-electron chi connectivity index (χ1n) is 9.92. The lowest BCUT2D eigenvalue weighted by Crippen LogP contribution is -2.45. The largest absolute Gasteiger partial charge is 0.361 e. The van der Waals surface area contributed by atoms with Crippen molar-refractivity contribution in [2.45, 2.75) is 25.7 Å². The molecule has 2 N–H and O–H groups in total. The molecule has 2 aromatic carbocycles. The second-order valence-corrected chi connectivity index (χ2v) is 7.78. The van der Waals surface area contributed by atoms with Crippen LogP contribution in [0.15, 0.2) is 54.7 Å². The lowest BCUT2D eigenvalue weighted by molar-refractivity contribution is -0.135. The number of benzene rings is 2. The highest BCUT2D eigenvalue weighted by Crippen LogP contribution is 2.49. The van der Waals surface area contributed by atoms with Gasteiger partial charge in [-0.3, -0.25) is 9.59 Å². The minimum atomic E-state index is -0.863. The van der Waals surface area contributed by atoms with Crippen molar-refractivity contribution < 1.29 is 9.59 Å². The number of nitrogens with one attached hydrogen (secondary N) is 2. The summed E-state index contributed by atoms with van der Waals surface area (Å²) in [6.45, 7) is 1.20. The van der Waals surface area contributed by atoms with Crippen LogP contribution >= 0.6 is 0 Å². The average molecular weight is 373 g/mol. The molecule has 2 heterocycles. The van der Waals surface area contributed by atoms with E-state index in [-0.39, 0.29) is 11.8 Å². The van der Waals surface area contributed by atoms with Crippen molar-refractivity contribution in [1.29, 1.82) is 0 Å². The standard InChI is InChI=1S/C23H23N3O2/c27-21(24-13-9-17-15-25-19-7-3-2-6-18(17)19)23(11-12-23)22(28)26-14-10-16-5-1-4-8-20(16)26/h1-8,15,25H,9-14H2,(H,24,27). The fourth-order valence-corrected chi connectivity index (χ4v) is 4.29. The van der Waals surface area contributed by atoms with E-state index < -0.39 is 5.41 Å². The van der Waals surface area contributed by atoms with E-state index in [4.69, 9.17) is 0 Å². The average Bonchev–Trinajstić information content (AvgIpc) is 3.27. The molecule has 1 aliphatic carbocycles. The molecule has 5 nitrogen and oxygen atoms in total. The lowest BCUT2D eigenvalue weighted by atomic mass is 10.0. The molecule has 1 saturated carbocycles. The van der Waals surface area contributed by atoms with E-state index in [2.05, 4.69) is 22.4 Å². The lowest BCUT2D eigenvalue weighted by Gasteiger charge is -2.23. The number of para-hydroxylation sites is 2. The van der Waals surface area contributed by atoms with Gasteiger partial charge in [0.05, 0.1) is 0 Å². The van der Waals surface area contributed by atoms with Gasteiger partial charge in [0, 0.05) is 35.9 Å². The number of hydrogen-bond donors (Lipinski definition) is 2. The molecule has 0 atom stereocenters. The molecular formula is C23H23N3O2. The number of carbonyl (C=O) groups excluding carboxylic acids is 2. The number of fused-ring (bicyclic) bond motifs is 2. The van der Waals surface area contributed by atoms with Gasteiger partial charge >= 0.3 is 0 Å². The summed E-state index contributed by atoms with van der Waals surface area (Å²) in [6, 6.07) is 16.1. The van der Waals surface area contributed by atoms with E-state index in [1.54, 1.807) is 0 Å². The molecule has 0 unspecified atom stereocenters. The van der Waals surface area contributed by atoms with Crippen LogP contribution in [0.3, 0.4) is 0 Å². The number of anilines is 1. The predicted octanol–water partition coefficient (Wildman–Crippen LogP) is 3.20. The van der Waals surface area contributed by atoms with Gasteiger partial charge in [0.2, 0.25) is 11.8 Å². The van der Waals surface area contributed by atoms with Gasteiger partial charge in [-0.1, -0.05) is 36.4 Å². The fourth-order valence-electron chi connectivity index (χ4n) is 4.29. The van der Waals surface area contributed by atoms with Crippen LogP contribution in [-0.2, 0) is 22.4 Å². The minimum absolute atomic E-state index is 0.0398. The Hall–Kier alpha value is -3.08. The molecule has 2 aliphatic rings. The zero-order valence-corrected chi connectivity index (χ0v) is 15.7. The molecule has 1 fully saturated rings. The molecular weight excluding hydrogens is 350 g/mol. The molecule has 0 radical (unpaired) electrons. The van der Waals surface area contributed by atoms with E-state index in [1.807, 2.05) is 47.5 Å². The van der Waals surface area contributed by atoms with E-state index >= 15 is 0 Å². The second kappa shape index (κ2) is 6.51. The van der Waals surface area contributed by atoms with Crippen LogP contribution in [0, 0.1) is 5.41 Å². The molecule has 3 aromatic rings. The summed E-state index contributed by atoms with van der Waals surface area (Å²) in [5.74, 6) is -0.163. The maximum atomic E-state index is 13.2. The predicted molar refractivity (Wildman–Crippen MR) is 109 cm³/mol. The second-order valence-electron chi connectivity index (χ2n) is 7.78.